The van der Waals surface area contributed by atoms with Crippen molar-refractivity contribution in [1.82, 2.24) is 15.6 Å². The van der Waals surface area contributed by atoms with Crippen molar-refractivity contribution in [3.05, 3.63) is 70.6 Å². The second-order valence-corrected chi connectivity index (χ2v) is 9.28. The van der Waals surface area contributed by atoms with Crippen LogP contribution in [0, 0.1) is 6.92 Å². The Labute approximate surface area is 202 Å². The van der Waals surface area contributed by atoms with Gasteiger partial charge in [-0.15, -0.1) is 11.3 Å². The average molecular weight is 481 g/mol. The first-order chi connectivity index (χ1) is 16.5. The first-order valence-corrected chi connectivity index (χ1v) is 12.3. The Morgan fingerprint density at radius 3 is 2.62 bits per heavy atom. The van der Waals surface area contributed by atoms with Gasteiger partial charge in [0.05, 0.1) is 23.3 Å². The van der Waals surface area contributed by atoms with Crippen molar-refractivity contribution in [3.8, 4) is 0 Å². The molecule has 3 aromatic heterocycles. The predicted octanol–water partition coefficient (Wildman–Crippen LogP) is 4.00. The zero-order chi connectivity index (χ0) is 23.9. The number of carbonyl (C=O) groups excluding carboxylic acids is 3. The van der Waals surface area contributed by atoms with E-state index in [1.165, 1.54) is 22.4 Å². The SMILES string of the molecule is Cc1ccc([C@H](C(=O)NC2CCCCC2)N(C(=O)CNC(=O)c2cccs2)c2cccnc2)o1. The third kappa shape index (κ3) is 5.72. The lowest BCUT2D eigenvalue weighted by molar-refractivity contribution is -0.127. The van der Waals surface area contributed by atoms with Gasteiger partial charge in [0.15, 0.2) is 6.04 Å². The monoisotopic (exact) mass is 480 g/mol. The highest BCUT2D eigenvalue weighted by Gasteiger charge is 2.36. The fraction of sp³-hybridized carbons (Fsp3) is 0.360. The van der Waals surface area contributed by atoms with Crippen LogP contribution >= 0.6 is 11.3 Å². The van der Waals surface area contributed by atoms with Gasteiger partial charge in [-0.25, -0.2) is 0 Å². The summed E-state index contributed by atoms with van der Waals surface area (Å²) in [7, 11) is 0. The fourth-order valence-electron chi connectivity index (χ4n) is 4.17. The Morgan fingerprint density at radius 1 is 1.15 bits per heavy atom. The summed E-state index contributed by atoms with van der Waals surface area (Å²) in [5.41, 5.74) is 0.440. The standard InChI is InChI=1S/C25H28N4O4S/c1-17-11-12-20(33-17)23(25(32)28-18-7-3-2-4-8-18)29(19-9-5-13-26-15-19)22(30)16-27-24(31)21-10-6-14-34-21/h5-6,9-15,18,23H,2-4,7-8,16H2,1H3,(H,27,31)(H,28,32)/t23-/m1/s1. The molecule has 3 heterocycles. The van der Waals surface area contributed by atoms with Crippen LogP contribution < -0.4 is 15.5 Å². The van der Waals surface area contributed by atoms with E-state index in [1.807, 2.05) is 0 Å². The Balaban J connectivity index is 1.62. The molecule has 2 N–H and O–H groups in total. The summed E-state index contributed by atoms with van der Waals surface area (Å²) in [4.78, 5) is 45.5. The van der Waals surface area contributed by atoms with E-state index in [0.29, 0.717) is 22.1 Å². The number of nitrogens with one attached hydrogen (secondary N) is 2. The fourth-order valence-corrected chi connectivity index (χ4v) is 4.81. The topological polar surface area (TPSA) is 105 Å². The third-order valence-electron chi connectivity index (χ3n) is 5.83. The highest BCUT2D eigenvalue weighted by molar-refractivity contribution is 7.12. The van der Waals surface area contributed by atoms with Gasteiger partial charge in [-0.05, 0) is 55.5 Å². The van der Waals surface area contributed by atoms with Gasteiger partial charge in [0.2, 0.25) is 5.91 Å². The summed E-state index contributed by atoms with van der Waals surface area (Å²) in [5.74, 6) is -0.118. The van der Waals surface area contributed by atoms with Gasteiger partial charge in [0.25, 0.3) is 11.8 Å². The minimum absolute atomic E-state index is 0.0594. The second-order valence-electron chi connectivity index (χ2n) is 8.33. The summed E-state index contributed by atoms with van der Waals surface area (Å²) in [5, 5.41) is 7.58. The van der Waals surface area contributed by atoms with Crippen LogP contribution in [0.4, 0.5) is 5.69 Å². The van der Waals surface area contributed by atoms with Gasteiger partial charge < -0.3 is 15.1 Å². The molecule has 1 fully saturated rings. The van der Waals surface area contributed by atoms with E-state index in [1.54, 1.807) is 54.9 Å². The van der Waals surface area contributed by atoms with E-state index in [-0.39, 0.29) is 24.4 Å². The molecule has 0 saturated heterocycles. The average Bonchev–Trinajstić information content (AvgIpc) is 3.54. The number of furan rings is 1. The number of carbonyl (C=O) groups is 3. The van der Waals surface area contributed by atoms with Crippen LogP contribution in [0.5, 0.6) is 0 Å². The maximum absolute atomic E-state index is 13.6. The van der Waals surface area contributed by atoms with Crippen molar-refractivity contribution in [2.75, 3.05) is 11.4 Å². The third-order valence-corrected chi connectivity index (χ3v) is 6.70. The van der Waals surface area contributed by atoms with Crippen molar-refractivity contribution >= 4 is 34.7 Å². The molecule has 8 nitrogen and oxygen atoms in total. The Hall–Kier alpha value is -3.46. The molecule has 0 unspecified atom stereocenters. The minimum atomic E-state index is -1.04. The van der Waals surface area contributed by atoms with Crippen molar-refractivity contribution in [1.29, 1.82) is 0 Å². The van der Waals surface area contributed by atoms with Crippen LogP contribution in [0.15, 0.2) is 58.6 Å². The number of thiophene rings is 1. The van der Waals surface area contributed by atoms with Gasteiger partial charge in [0.1, 0.15) is 11.5 Å². The zero-order valence-corrected chi connectivity index (χ0v) is 19.8. The van der Waals surface area contributed by atoms with Crippen molar-refractivity contribution in [2.45, 2.75) is 51.1 Å². The molecule has 1 atom stereocenters. The number of aryl methyl sites for hydroxylation is 1. The molecule has 0 aliphatic heterocycles. The first kappa shape index (κ1) is 23.7. The zero-order valence-electron chi connectivity index (χ0n) is 19.0. The minimum Gasteiger partial charge on any atom is -0.464 e. The Morgan fingerprint density at radius 2 is 1.97 bits per heavy atom. The maximum atomic E-state index is 13.6. The molecule has 3 amide bonds. The van der Waals surface area contributed by atoms with Crippen molar-refractivity contribution in [3.63, 3.8) is 0 Å². The summed E-state index contributed by atoms with van der Waals surface area (Å²) >= 11 is 1.29. The van der Waals surface area contributed by atoms with Crippen LogP contribution in [0.1, 0.15) is 59.3 Å². The van der Waals surface area contributed by atoms with Gasteiger partial charge in [0, 0.05) is 12.2 Å². The van der Waals surface area contributed by atoms with Crippen LogP contribution in [-0.4, -0.2) is 35.3 Å². The van der Waals surface area contributed by atoms with Crippen LogP contribution in [-0.2, 0) is 9.59 Å². The highest BCUT2D eigenvalue weighted by atomic mass is 32.1. The molecule has 9 heteroatoms. The van der Waals surface area contributed by atoms with E-state index in [0.717, 1.165) is 32.1 Å². The number of rotatable bonds is 8. The molecule has 1 aliphatic carbocycles. The Kier molecular flexibility index (Phi) is 7.74. The summed E-state index contributed by atoms with van der Waals surface area (Å²) in [6.07, 6.45) is 8.23. The molecule has 0 aromatic carbocycles. The Bertz CT molecular complexity index is 1110. The summed E-state index contributed by atoms with van der Waals surface area (Å²) in [6, 6.07) is 9.37. The molecular weight excluding hydrogens is 452 g/mol. The lowest BCUT2D eigenvalue weighted by atomic mass is 9.95. The van der Waals surface area contributed by atoms with Crippen molar-refractivity contribution < 1.29 is 18.8 Å². The summed E-state index contributed by atoms with van der Waals surface area (Å²) < 4.78 is 5.83. The number of aromatic nitrogens is 1. The van der Waals surface area contributed by atoms with E-state index in [2.05, 4.69) is 15.6 Å². The lowest BCUT2D eigenvalue weighted by Gasteiger charge is -2.32. The van der Waals surface area contributed by atoms with Crippen molar-refractivity contribution in [2.24, 2.45) is 0 Å². The molecule has 1 saturated carbocycles. The largest absolute Gasteiger partial charge is 0.464 e. The van der Waals surface area contributed by atoms with E-state index < -0.39 is 11.9 Å². The highest BCUT2D eigenvalue weighted by Crippen LogP contribution is 2.30. The number of hydrogen-bond acceptors (Lipinski definition) is 6. The number of nitrogens with zero attached hydrogens (tertiary/aromatic N) is 2. The number of hydrogen-bond donors (Lipinski definition) is 2. The van der Waals surface area contributed by atoms with Gasteiger partial charge in [-0.3, -0.25) is 24.3 Å². The number of pyridine rings is 1. The van der Waals surface area contributed by atoms with E-state index >= 15 is 0 Å². The number of amides is 3. The number of anilines is 1. The normalized spacial score (nSPS) is 14.9. The molecule has 0 spiro atoms. The lowest BCUT2D eigenvalue weighted by Crippen LogP contribution is -2.49. The van der Waals surface area contributed by atoms with Gasteiger partial charge in [-0.2, -0.15) is 0 Å². The van der Waals surface area contributed by atoms with Crippen LogP contribution in [0.3, 0.4) is 0 Å². The van der Waals surface area contributed by atoms with Gasteiger partial charge >= 0.3 is 0 Å². The van der Waals surface area contributed by atoms with Crippen LogP contribution in [0.2, 0.25) is 0 Å². The molecule has 3 aromatic rings. The summed E-state index contributed by atoms with van der Waals surface area (Å²) in [6.45, 7) is 1.51. The maximum Gasteiger partial charge on any atom is 0.261 e. The molecule has 1 aliphatic rings. The van der Waals surface area contributed by atoms with E-state index in [9.17, 15) is 14.4 Å². The van der Waals surface area contributed by atoms with Crippen LogP contribution in [0.25, 0.3) is 0 Å². The van der Waals surface area contributed by atoms with E-state index in [4.69, 9.17) is 4.42 Å². The molecule has 34 heavy (non-hydrogen) atoms. The second kappa shape index (κ2) is 11.1. The molecule has 4 rings (SSSR count). The smallest absolute Gasteiger partial charge is 0.261 e. The molecular formula is C25H28N4O4S. The quantitative estimate of drug-likeness (QED) is 0.507. The predicted molar refractivity (Wildman–Crippen MR) is 130 cm³/mol. The first-order valence-electron chi connectivity index (χ1n) is 11.4. The van der Waals surface area contributed by atoms with Gasteiger partial charge in [-0.1, -0.05) is 25.3 Å². The molecule has 0 radical (unpaired) electrons. The molecule has 0 bridgehead atoms. The molecule has 178 valence electrons.